The maximum Gasteiger partial charge on any atom is 0.270 e. The lowest BCUT2D eigenvalue weighted by Crippen LogP contribution is -2.01. The molecule has 3 nitrogen and oxygen atoms in total. The summed E-state index contributed by atoms with van der Waals surface area (Å²) in [7, 11) is 0. The molecule has 78 valence electrons. The van der Waals surface area contributed by atoms with E-state index in [1.54, 1.807) is 0 Å². The molecule has 0 atom stereocenters. The van der Waals surface area contributed by atoms with Gasteiger partial charge in [-0.15, -0.1) is 0 Å². The number of carbonyl (C=O) groups excluding carboxylic acids is 1. The molecule has 0 aliphatic heterocycles. The van der Waals surface area contributed by atoms with Gasteiger partial charge in [0.15, 0.2) is 5.69 Å². The van der Waals surface area contributed by atoms with Gasteiger partial charge in [-0.3, -0.25) is 4.79 Å². The Bertz CT molecular complexity index is 457. The zero-order chi connectivity index (χ0) is 11.6. The zero-order valence-corrected chi connectivity index (χ0v) is 8.48. The highest BCUT2D eigenvalue weighted by Crippen LogP contribution is 2.29. The lowest BCUT2D eigenvalue weighted by Gasteiger charge is -2.05. The van der Waals surface area contributed by atoms with Gasteiger partial charge < -0.3 is 0 Å². The van der Waals surface area contributed by atoms with Crippen LogP contribution in [0, 0.1) is 11.3 Å². The quantitative estimate of drug-likeness (QED) is 0.759. The fourth-order valence-electron chi connectivity index (χ4n) is 0.883. The van der Waals surface area contributed by atoms with Crippen molar-refractivity contribution >= 4 is 28.4 Å². The van der Waals surface area contributed by atoms with Crippen LogP contribution >= 0.6 is 23.2 Å². The van der Waals surface area contributed by atoms with Gasteiger partial charge in [0.2, 0.25) is 0 Å². The van der Waals surface area contributed by atoms with Gasteiger partial charge in [-0.25, -0.2) is 13.8 Å². The Labute approximate surface area is 93.2 Å². The smallest absolute Gasteiger partial charge is 0.270 e. The van der Waals surface area contributed by atoms with Crippen LogP contribution < -0.4 is 0 Å². The fourth-order valence-corrected chi connectivity index (χ4v) is 1.20. The van der Waals surface area contributed by atoms with Crippen molar-refractivity contribution in [3.63, 3.8) is 0 Å². The molecule has 0 aromatic carbocycles. The number of carbonyl (C=O) groups is 1. The number of rotatable bonds is 2. The van der Waals surface area contributed by atoms with Gasteiger partial charge >= 0.3 is 0 Å². The average molecular weight is 251 g/mol. The van der Waals surface area contributed by atoms with E-state index < -0.39 is 33.6 Å². The second-order valence-corrected chi connectivity index (χ2v) is 3.17. The van der Waals surface area contributed by atoms with E-state index in [0.29, 0.717) is 0 Å². The Morgan fingerprint density at radius 2 is 2.20 bits per heavy atom. The molecular weight excluding hydrogens is 249 g/mol. The minimum absolute atomic E-state index is 0.423. The van der Waals surface area contributed by atoms with Crippen molar-refractivity contribution in [2.24, 2.45) is 0 Å². The van der Waals surface area contributed by atoms with Gasteiger partial charge in [0, 0.05) is 5.56 Å². The maximum absolute atomic E-state index is 12.4. The molecule has 0 unspecified atom stereocenters. The number of aromatic nitrogens is 1. The van der Waals surface area contributed by atoms with E-state index >= 15 is 0 Å². The van der Waals surface area contributed by atoms with Crippen molar-refractivity contribution in [3.8, 4) is 6.07 Å². The average Bonchev–Trinajstić information content (AvgIpc) is 2.17. The molecule has 0 amide bonds. The SMILES string of the molecule is N#Cc1nc(C(=O)Cl)cc(C(F)F)c1Cl. The normalized spacial score (nSPS) is 10.1. The highest BCUT2D eigenvalue weighted by Gasteiger charge is 2.19. The minimum atomic E-state index is -2.90. The van der Waals surface area contributed by atoms with E-state index in [9.17, 15) is 13.6 Å². The van der Waals surface area contributed by atoms with Crippen LogP contribution in [-0.2, 0) is 0 Å². The first-order valence-corrected chi connectivity index (χ1v) is 4.31. The third-order valence-corrected chi connectivity index (χ3v) is 2.12. The first kappa shape index (κ1) is 11.8. The number of nitriles is 1. The molecule has 0 spiro atoms. The molecule has 1 heterocycles. The molecule has 0 radical (unpaired) electrons. The molecule has 0 bridgehead atoms. The van der Waals surface area contributed by atoms with Crippen molar-refractivity contribution in [2.45, 2.75) is 6.43 Å². The van der Waals surface area contributed by atoms with Crippen LogP contribution in [-0.4, -0.2) is 10.2 Å². The lowest BCUT2D eigenvalue weighted by atomic mass is 10.2. The van der Waals surface area contributed by atoms with Gasteiger partial charge in [-0.05, 0) is 17.7 Å². The number of hydrogen-bond acceptors (Lipinski definition) is 3. The summed E-state index contributed by atoms with van der Waals surface area (Å²) < 4.78 is 24.8. The van der Waals surface area contributed by atoms with Crippen molar-refractivity contribution in [1.29, 1.82) is 5.26 Å². The van der Waals surface area contributed by atoms with Crippen LogP contribution in [0.1, 0.15) is 28.2 Å². The van der Waals surface area contributed by atoms with Crippen LogP contribution in [0.15, 0.2) is 6.07 Å². The van der Waals surface area contributed by atoms with Crippen LogP contribution in [0.4, 0.5) is 8.78 Å². The van der Waals surface area contributed by atoms with Gasteiger partial charge in [-0.2, -0.15) is 5.26 Å². The monoisotopic (exact) mass is 250 g/mol. The largest absolute Gasteiger partial charge is 0.274 e. The summed E-state index contributed by atoms with van der Waals surface area (Å²) in [6.45, 7) is 0. The molecule has 0 aliphatic carbocycles. The second-order valence-electron chi connectivity index (χ2n) is 2.45. The summed E-state index contributed by atoms with van der Waals surface area (Å²) >= 11 is 10.5. The Morgan fingerprint density at radius 3 is 2.60 bits per heavy atom. The molecule has 0 fully saturated rings. The molecule has 7 heteroatoms. The van der Waals surface area contributed by atoms with Crippen molar-refractivity contribution in [2.75, 3.05) is 0 Å². The topological polar surface area (TPSA) is 53.8 Å². The van der Waals surface area contributed by atoms with Gasteiger partial charge in [0.1, 0.15) is 11.8 Å². The number of halogens is 4. The third kappa shape index (κ3) is 2.41. The first-order chi connectivity index (χ1) is 6.97. The molecule has 0 N–H and O–H groups in total. The Morgan fingerprint density at radius 1 is 1.60 bits per heavy atom. The van der Waals surface area contributed by atoms with E-state index in [1.807, 2.05) is 0 Å². The molecule has 1 rings (SSSR count). The van der Waals surface area contributed by atoms with E-state index in [1.165, 1.54) is 6.07 Å². The first-order valence-electron chi connectivity index (χ1n) is 3.56. The summed E-state index contributed by atoms with van der Waals surface area (Å²) in [5.74, 6) is 0. The van der Waals surface area contributed by atoms with E-state index in [4.69, 9.17) is 28.5 Å². The zero-order valence-electron chi connectivity index (χ0n) is 6.97. The van der Waals surface area contributed by atoms with Crippen LogP contribution in [0.3, 0.4) is 0 Å². The Kier molecular flexibility index (Phi) is 3.56. The summed E-state index contributed by atoms with van der Waals surface area (Å²) in [4.78, 5) is 14.1. The van der Waals surface area contributed by atoms with E-state index in [2.05, 4.69) is 4.98 Å². The summed E-state index contributed by atoms with van der Waals surface area (Å²) in [5, 5.41) is 7.05. The minimum Gasteiger partial charge on any atom is -0.274 e. The van der Waals surface area contributed by atoms with Crippen LogP contribution in [0.25, 0.3) is 0 Å². The molecule has 0 saturated heterocycles. The van der Waals surface area contributed by atoms with Gasteiger partial charge in [0.25, 0.3) is 11.7 Å². The molecule has 1 aromatic rings. The van der Waals surface area contributed by atoms with Crippen LogP contribution in [0.2, 0.25) is 5.02 Å². The molecular formula is C8H2Cl2F2N2O. The second kappa shape index (κ2) is 4.51. The third-order valence-electron chi connectivity index (χ3n) is 1.53. The number of alkyl halides is 2. The standard InChI is InChI=1S/C8H2Cl2F2N2O/c9-6-3(8(11)12)1-4(7(10)15)14-5(6)2-13/h1,8H. The highest BCUT2D eigenvalue weighted by atomic mass is 35.5. The number of nitrogens with zero attached hydrogens (tertiary/aromatic N) is 2. The fraction of sp³-hybridized carbons (Fsp3) is 0.125. The summed E-state index contributed by atoms with van der Waals surface area (Å²) in [6.07, 6.45) is -2.90. The predicted octanol–water partition coefficient (Wildman–Crippen LogP) is 2.92. The highest BCUT2D eigenvalue weighted by molar-refractivity contribution is 6.67. The van der Waals surface area contributed by atoms with Crippen molar-refractivity contribution in [1.82, 2.24) is 4.98 Å². The molecule has 15 heavy (non-hydrogen) atoms. The summed E-state index contributed by atoms with van der Waals surface area (Å²) in [5.41, 5.74) is -1.50. The number of hydrogen-bond donors (Lipinski definition) is 0. The maximum atomic E-state index is 12.4. The van der Waals surface area contributed by atoms with Gasteiger partial charge in [-0.1, -0.05) is 11.6 Å². The predicted molar refractivity (Wildman–Crippen MR) is 49.1 cm³/mol. The van der Waals surface area contributed by atoms with Crippen molar-refractivity contribution < 1.29 is 13.6 Å². The van der Waals surface area contributed by atoms with E-state index in [-0.39, 0.29) is 0 Å². The summed E-state index contributed by atoms with van der Waals surface area (Å²) in [6, 6.07) is 2.27. The van der Waals surface area contributed by atoms with Crippen LogP contribution in [0.5, 0.6) is 0 Å². The Hall–Kier alpha value is -1.25. The molecule has 0 saturated carbocycles. The molecule has 0 aliphatic rings. The number of pyridine rings is 1. The van der Waals surface area contributed by atoms with Crippen molar-refractivity contribution in [3.05, 3.63) is 28.0 Å². The van der Waals surface area contributed by atoms with E-state index in [0.717, 1.165) is 6.07 Å². The lowest BCUT2D eigenvalue weighted by molar-refractivity contribution is 0.107. The van der Waals surface area contributed by atoms with Gasteiger partial charge in [0.05, 0.1) is 5.02 Å². The molecule has 1 aromatic heterocycles. The Balaban J connectivity index is 3.47.